The molecule has 3 aliphatic rings. The maximum absolute atomic E-state index is 13.1. The highest BCUT2D eigenvalue weighted by Crippen LogP contribution is 2.48. The molecule has 0 N–H and O–H groups in total. The normalized spacial score (nSPS) is 20.4. The summed E-state index contributed by atoms with van der Waals surface area (Å²) in [5.74, 6) is 1.17. The van der Waals surface area contributed by atoms with Crippen LogP contribution in [-0.4, -0.2) is 51.6 Å². The van der Waals surface area contributed by atoms with Crippen molar-refractivity contribution in [2.75, 3.05) is 31.1 Å². The molecule has 3 fully saturated rings. The lowest BCUT2D eigenvalue weighted by Crippen LogP contribution is -2.35. The average Bonchev–Trinajstić information content (AvgIpc) is 3.44. The van der Waals surface area contributed by atoms with Gasteiger partial charge in [0.15, 0.2) is 0 Å². The lowest BCUT2D eigenvalue weighted by molar-refractivity contribution is 0.0726. The van der Waals surface area contributed by atoms with Crippen molar-refractivity contribution in [3.05, 3.63) is 48.3 Å². The molecule has 1 spiro atoms. The fraction of sp³-hybridized carbons (Fsp3) is 0.480. The van der Waals surface area contributed by atoms with Crippen LogP contribution in [0.3, 0.4) is 0 Å². The number of carbonyl (C=O) groups excluding carboxylic acids is 1. The number of anilines is 1. The maximum Gasteiger partial charge on any atom is 0.257 e. The second-order valence-corrected chi connectivity index (χ2v) is 9.55. The molecule has 0 bridgehead atoms. The molecule has 160 valence electrons. The molecular weight excluding hydrogens is 386 g/mol. The first-order valence-corrected chi connectivity index (χ1v) is 11.7. The Labute approximate surface area is 182 Å². The van der Waals surface area contributed by atoms with Crippen LogP contribution in [0.1, 0.15) is 55.3 Å². The lowest BCUT2D eigenvalue weighted by atomic mass is 9.68. The topological polar surface area (TPSA) is 53.7 Å². The summed E-state index contributed by atoms with van der Waals surface area (Å²) in [6.45, 7) is 3.96. The highest BCUT2D eigenvalue weighted by atomic mass is 16.2. The second kappa shape index (κ2) is 7.36. The van der Waals surface area contributed by atoms with Crippen molar-refractivity contribution in [3.63, 3.8) is 0 Å². The number of likely N-dealkylation sites (tertiary alicyclic amines) is 1. The number of fused-ring (bicyclic) bond motifs is 1. The first-order valence-electron chi connectivity index (χ1n) is 11.7. The minimum Gasteiger partial charge on any atom is -0.356 e. The first-order chi connectivity index (χ1) is 15.2. The van der Waals surface area contributed by atoms with Crippen LogP contribution in [0, 0.1) is 5.41 Å². The molecule has 0 radical (unpaired) electrons. The Kier molecular flexibility index (Phi) is 4.47. The zero-order valence-electron chi connectivity index (χ0n) is 18.0. The number of pyridine rings is 2. The molecule has 5 heterocycles. The van der Waals surface area contributed by atoms with Gasteiger partial charge in [0.2, 0.25) is 0 Å². The third-order valence-electron chi connectivity index (χ3n) is 7.64. The Morgan fingerprint density at radius 2 is 1.77 bits per heavy atom. The summed E-state index contributed by atoms with van der Waals surface area (Å²) in [7, 11) is 0. The van der Waals surface area contributed by atoms with Crippen LogP contribution in [0.5, 0.6) is 0 Å². The molecule has 6 nitrogen and oxygen atoms in total. The minimum absolute atomic E-state index is 0.0966. The van der Waals surface area contributed by atoms with Crippen molar-refractivity contribution in [1.82, 2.24) is 19.5 Å². The third kappa shape index (κ3) is 3.20. The van der Waals surface area contributed by atoms with Crippen LogP contribution in [0.2, 0.25) is 0 Å². The van der Waals surface area contributed by atoms with Gasteiger partial charge >= 0.3 is 0 Å². The van der Waals surface area contributed by atoms with E-state index in [1.165, 1.54) is 32.1 Å². The number of hydrogen-bond donors (Lipinski definition) is 0. The Morgan fingerprint density at radius 1 is 0.903 bits per heavy atom. The van der Waals surface area contributed by atoms with Gasteiger partial charge in [-0.05, 0) is 68.2 Å². The van der Waals surface area contributed by atoms with Crippen LogP contribution >= 0.6 is 0 Å². The molecule has 0 aromatic carbocycles. The molecule has 1 saturated carbocycles. The maximum atomic E-state index is 13.1. The quantitative estimate of drug-likeness (QED) is 0.636. The number of rotatable bonds is 3. The molecular formula is C25H29N5O. The zero-order valence-corrected chi connectivity index (χ0v) is 18.0. The summed E-state index contributed by atoms with van der Waals surface area (Å²) in [4.78, 5) is 22.2. The first kappa shape index (κ1) is 18.8. The summed E-state index contributed by atoms with van der Waals surface area (Å²) >= 11 is 0. The lowest BCUT2D eigenvalue weighted by Gasteiger charge is -2.38. The number of aromatic nitrogens is 3. The molecule has 0 atom stereocenters. The van der Waals surface area contributed by atoms with Gasteiger partial charge < -0.3 is 9.80 Å². The van der Waals surface area contributed by atoms with E-state index in [-0.39, 0.29) is 5.91 Å². The van der Waals surface area contributed by atoms with E-state index in [9.17, 15) is 4.79 Å². The molecule has 2 aliphatic heterocycles. The van der Waals surface area contributed by atoms with E-state index in [0.29, 0.717) is 11.0 Å². The fourth-order valence-corrected chi connectivity index (χ4v) is 5.60. The highest BCUT2D eigenvalue weighted by molar-refractivity contribution is 6.01. The van der Waals surface area contributed by atoms with Crippen molar-refractivity contribution >= 4 is 17.2 Å². The van der Waals surface area contributed by atoms with E-state index in [0.717, 1.165) is 61.6 Å². The van der Waals surface area contributed by atoms with Gasteiger partial charge in [-0.1, -0.05) is 12.5 Å². The second-order valence-electron chi connectivity index (χ2n) is 9.55. The predicted molar refractivity (Wildman–Crippen MR) is 121 cm³/mol. The Balaban J connectivity index is 1.27. The summed E-state index contributed by atoms with van der Waals surface area (Å²) in [5.41, 5.74) is 4.11. The summed E-state index contributed by atoms with van der Waals surface area (Å²) < 4.78 is 1.88. The van der Waals surface area contributed by atoms with Crippen molar-refractivity contribution in [1.29, 1.82) is 0 Å². The van der Waals surface area contributed by atoms with E-state index < -0.39 is 0 Å². The summed E-state index contributed by atoms with van der Waals surface area (Å²) in [6, 6.07) is 10.3. The predicted octanol–water partition coefficient (Wildman–Crippen LogP) is 4.40. The monoisotopic (exact) mass is 415 g/mol. The van der Waals surface area contributed by atoms with Gasteiger partial charge in [0.1, 0.15) is 5.82 Å². The molecule has 3 aromatic heterocycles. The Hall–Kier alpha value is -2.89. The van der Waals surface area contributed by atoms with Gasteiger partial charge in [0, 0.05) is 37.9 Å². The average molecular weight is 416 g/mol. The van der Waals surface area contributed by atoms with E-state index >= 15 is 0 Å². The van der Waals surface area contributed by atoms with Gasteiger partial charge in [-0.3, -0.25) is 4.79 Å². The minimum atomic E-state index is 0.0966. The van der Waals surface area contributed by atoms with Crippen LogP contribution in [0.4, 0.5) is 5.82 Å². The molecule has 6 heteroatoms. The summed E-state index contributed by atoms with van der Waals surface area (Å²) in [5, 5.41) is 4.58. The highest BCUT2D eigenvalue weighted by Gasteiger charge is 2.43. The van der Waals surface area contributed by atoms with E-state index in [1.54, 1.807) is 6.20 Å². The van der Waals surface area contributed by atoms with Gasteiger partial charge in [-0.2, -0.15) is 5.10 Å². The third-order valence-corrected chi connectivity index (χ3v) is 7.64. The molecule has 6 rings (SSSR count). The van der Waals surface area contributed by atoms with Crippen molar-refractivity contribution in [2.24, 2.45) is 5.41 Å². The molecule has 3 aromatic rings. The standard InChI is InChI=1S/C25H29N5O/c31-24(28-13-2-1-3-14-28)20-17-27-30-21(6-4-7-22(20)30)19-8-9-23(26-16-19)29-15-12-25(18-29)10-5-11-25/h4,6-9,16-17H,1-3,5,10-15,18H2. The van der Waals surface area contributed by atoms with E-state index in [2.05, 4.69) is 22.1 Å². The molecule has 2 saturated heterocycles. The number of amides is 1. The smallest absolute Gasteiger partial charge is 0.257 e. The van der Waals surface area contributed by atoms with Crippen LogP contribution in [-0.2, 0) is 0 Å². The van der Waals surface area contributed by atoms with Gasteiger partial charge in [0.05, 0.1) is 23.0 Å². The van der Waals surface area contributed by atoms with Gasteiger partial charge in [0.25, 0.3) is 5.91 Å². The van der Waals surface area contributed by atoms with Crippen molar-refractivity contribution in [3.8, 4) is 11.3 Å². The Bertz CT molecular complexity index is 1110. The number of nitrogens with zero attached hydrogens (tertiary/aromatic N) is 5. The van der Waals surface area contributed by atoms with E-state index in [1.807, 2.05) is 33.8 Å². The van der Waals surface area contributed by atoms with E-state index in [4.69, 9.17) is 4.98 Å². The van der Waals surface area contributed by atoms with Crippen LogP contribution < -0.4 is 4.90 Å². The molecule has 0 unspecified atom stereocenters. The Morgan fingerprint density at radius 3 is 2.48 bits per heavy atom. The number of carbonyl (C=O) groups is 1. The van der Waals surface area contributed by atoms with Crippen LogP contribution in [0.15, 0.2) is 42.7 Å². The van der Waals surface area contributed by atoms with Gasteiger partial charge in [-0.15, -0.1) is 0 Å². The summed E-state index contributed by atoms with van der Waals surface area (Å²) in [6.07, 6.45) is 12.5. The largest absolute Gasteiger partial charge is 0.356 e. The number of piperidine rings is 1. The number of hydrogen-bond acceptors (Lipinski definition) is 4. The fourth-order valence-electron chi connectivity index (χ4n) is 5.60. The zero-order chi connectivity index (χ0) is 20.8. The molecule has 1 amide bonds. The van der Waals surface area contributed by atoms with Crippen molar-refractivity contribution < 1.29 is 4.79 Å². The SMILES string of the molecule is O=C(c1cnn2c(-c3ccc(N4CCC5(CCC5)C4)nc3)cccc12)N1CCCCC1. The molecule has 1 aliphatic carbocycles. The van der Waals surface area contributed by atoms with Crippen LogP contribution in [0.25, 0.3) is 16.8 Å². The van der Waals surface area contributed by atoms with Gasteiger partial charge in [-0.25, -0.2) is 9.50 Å². The van der Waals surface area contributed by atoms with Crippen molar-refractivity contribution in [2.45, 2.75) is 44.9 Å². The molecule has 31 heavy (non-hydrogen) atoms.